The first kappa shape index (κ1) is 14.6. The Kier molecular flexibility index (Phi) is 4.18. The van der Waals surface area contributed by atoms with Crippen LogP contribution in [0.2, 0.25) is 0 Å². The van der Waals surface area contributed by atoms with E-state index in [0.29, 0.717) is 0 Å². The Balaban J connectivity index is 1.71. The highest BCUT2D eigenvalue weighted by atomic mass is 32.2. The van der Waals surface area contributed by atoms with Gasteiger partial charge in [-0.15, -0.1) is 0 Å². The van der Waals surface area contributed by atoms with Crippen molar-refractivity contribution in [2.45, 2.75) is 57.5 Å². The Bertz CT molecular complexity index is 628. The van der Waals surface area contributed by atoms with E-state index in [2.05, 4.69) is 48.5 Å². The first-order valence-electron chi connectivity index (χ1n) is 7.78. The van der Waals surface area contributed by atoms with Crippen LogP contribution in [0.25, 0.3) is 0 Å². The van der Waals surface area contributed by atoms with Gasteiger partial charge >= 0.3 is 0 Å². The smallest absolute Gasteiger partial charge is 0.225 e. The molecule has 1 saturated carbocycles. The van der Waals surface area contributed by atoms with E-state index in [4.69, 9.17) is 4.18 Å². The largest absolute Gasteiger partial charge is 0.390 e. The minimum absolute atomic E-state index is 0.0405. The summed E-state index contributed by atoms with van der Waals surface area (Å²) < 4.78 is 6.46. The van der Waals surface area contributed by atoms with Gasteiger partial charge in [-0.3, -0.25) is 0 Å². The number of fused-ring (bicyclic) bond motifs is 2. The summed E-state index contributed by atoms with van der Waals surface area (Å²) in [6, 6.07) is 17.0. The van der Waals surface area contributed by atoms with Crippen molar-refractivity contribution in [3.8, 4) is 0 Å². The standard InChI is InChI=1S/C18H19O2S2/c19-13-7-1-2-8-14(13)20-22-17-11-5-3-9-15(17)21-16-10-4-6-12-18(16)22/h3-6,9-14,19H,1-2,7-8H2/q+1/t13-,14+/m0/s1. The molecule has 1 aliphatic heterocycles. The molecule has 1 heterocycles. The number of hydrogen-bond donors (Lipinski definition) is 1. The summed E-state index contributed by atoms with van der Waals surface area (Å²) in [4.78, 5) is 5.05. The average molecular weight is 331 g/mol. The van der Waals surface area contributed by atoms with Crippen LogP contribution in [-0.4, -0.2) is 17.3 Å². The third kappa shape index (κ3) is 2.69. The molecular formula is C18H19O2S2+. The van der Waals surface area contributed by atoms with Crippen molar-refractivity contribution in [2.75, 3.05) is 0 Å². The van der Waals surface area contributed by atoms with Crippen LogP contribution in [0.5, 0.6) is 0 Å². The summed E-state index contributed by atoms with van der Waals surface area (Å²) in [5.74, 6) is 0. The molecule has 114 valence electrons. The second-order valence-corrected chi connectivity index (χ2v) is 8.44. The number of benzene rings is 2. The number of rotatable bonds is 2. The molecular weight excluding hydrogens is 312 g/mol. The molecule has 2 aliphatic rings. The highest BCUT2D eigenvalue weighted by Gasteiger charge is 2.42. The molecule has 22 heavy (non-hydrogen) atoms. The van der Waals surface area contributed by atoms with Gasteiger partial charge in [0.05, 0.1) is 15.9 Å². The topological polar surface area (TPSA) is 29.5 Å². The fourth-order valence-corrected chi connectivity index (χ4v) is 6.42. The molecule has 0 bridgehead atoms. The molecule has 1 N–H and O–H groups in total. The highest BCUT2D eigenvalue weighted by molar-refractivity contribution is 8.02. The quantitative estimate of drug-likeness (QED) is 0.826. The van der Waals surface area contributed by atoms with Crippen molar-refractivity contribution in [1.29, 1.82) is 0 Å². The summed E-state index contributed by atoms with van der Waals surface area (Å²) >= 11 is 1.42. The van der Waals surface area contributed by atoms with Crippen LogP contribution in [0.1, 0.15) is 25.7 Å². The van der Waals surface area contributed by atoms with Gasteiger partial charge in [0.25, 0.3) is 0 Å². The molecule has 0 unspecified atom stereocenters. The summed E-state index contributed by atoms with van der Waals surface area (Å²) in [6.07, 6.45) is 3.72. The van der Waals surface area contributed by atoms with Gasteiger partial charge in [-0.2, -0.15) is 4.18 Å². The van der Waals surface area contributed by atoms with E-state index in [-0.39, 0.29) is 12.2 Å². The maximum atomic E-state index is 10.3. The summed E-state index contributed by atoms with van der Waals surface area (Å²) in [5, 5.41) is 10.3. The molecule has 1 fully saturated rings. The van der Waals surface area contributed by atoms with Crippen molar-refractivity contribution >= 4 is 22.9 Å². The lowest BCUT2D eigenvalue weighted by Crippen LogP contribution is -2.34. The lowest BCUT2D eigenvalue weighted by molar-refractivity contribution is 0.0150. The predicted octanol–water partition coefficient (Wildman–Crippen LogP) is 4.42. The molecule has 0 aromatic heterocycles. The van der Waals surface area contributed by atoms with Gasteiger partial charge in [0.1, 0.15) is 6.10 Å². The van der Waals surface area contributed by atoms with E-state index in [1.807, 2.05) is 11.8 Å². The molecule has 1 aliphatic carbocycles. The molecule has 0 radical (unpaired) electrons. The van der Waals surface area contributed by atoms with Crippen LogP contribution in [0.4, 0.5) is 0 Å². The van der Waals surface area contributed by atoms with Crippen LogP contribution in [0.3, 0.4) is 0 Å². The van der Waals surface area contributed by atoms with Gasteiger partial charge in [0, 0.05) is 0 Å². The molecule has 4 heteroatoms. The zero-order valence-electron chi connectivity index (χ0n) is 12.3. The lowest BCUT2D eigenvalue weighted by atomic mass is 9.95. The molecule has 0 amide bonds. The van der Waals surface area contributed by atoms with Gasteiger partial charge in [-0.05, 0) is 37.1 Å². The zero-order valence-corrected chi connectivity index (χ0v) is 13.9. The Labute approximate surface area is 138 Å². The number of aliphatic hydroxyl groups is 1. The first-order chi connectivity index (χ1) is 10.8. The second kappa shape index (κ2) is 6.28. The fraction of sp³-hybridized carbons (Fsp3) is 0.333. The Morgan fingerprint density at radius 2 is 1.50 bits per heavy atom. The van der Waals surface area contributed by atoms with Crippen LogP contribution in [0, 0.1) is 0 Å². The van der Waals surface area contributed by atoms with Crippen LogP contribution < -0.4 is 0 Å². The molecule has 2 atom stereocenters. The monoisotopic (exact) mass is 331 g/mol. The molecule has 4 rings (SSSR count). The van der Waals surface area contributed by atoms with Crippen molar-refractivity contribution in [1.82, 2.24) is 0 Å². The van der Waals surface area contributed by atoms with E-state index in [1.165, 1.54) is 19.6 Å². The maximum absolute atomic E-state index is 10.3. The Morgan fingerprint density at radius 1 is 0.909 bits per heavy atom. The van der Waals surface area contributed by atoms with Gasteiger partial charge in [0.2, 0.25) is 21.0 Å². The van der Waals surface area contributed by atoms with Gasteiger partial charge in [-0.25, -0.2) is 0 Å². The van der Waals surface area contributed by atoms with Crippen LogP contribution in [0.15, 0.2) is 68.1 Å². The number of hydrogen-bond acceptors (Lipinski definition) is 3. The predicted molar refractivity (Wildman–Crippen MR) is 90.3 cm³/mol. The molecule has 2 aromatic carbocycles. The molecule has 2 nitrogen and oxygen atoms in total. The third-order valence-electron chi connectivity index (χ3n) is 4.21. The molecule has 2 aromatic rings. The van der Waals surface area contributed by atoms with E-state index < -0.39 is 11.2 Å². The lowest BCUT2D eigenvalue weighted by Gasteiger charge is -2.27. The second-order valence-electron chi connectivity index (χ2n) is 5.75. The van der Waals surface area contributed by atoms with E-state index in [0.717, 1.165) is 25.7 Å². The SMILES string of the molecule is O[C@H]1CCCC[C@H]1O[S+]1c2ccccc2Sc2ccccc21. The first-order valence-corrected chi connectivity index (χ1v) is 9.75. The van der Waals surface area contributed by atoms with Crippen molar-refractivity contribution in [3.05, 3.63) is 48.5 Å². The van der Waals surface area contributed by atoms with Gasteiger partial charge < -0.3 is 5.11 Å². The Hall–Kier alpha value is -0.940. The van der Waals surface area contributed by atoms with Crippen molar-refractivity contribution in [3.63, 3.8) is 0 Å². The van der Waals surface area contributed by atoms with Crippen LogP contribution in [-0.2, 0) is 15.4 Å². The van der Waals surface area contributed by atoms with Gasteiger partial charge in [-0.1, -0.05) is 48.9 Å². The van der Waals surface area contributed by atoms with Crippen molar-refractivity contribution in [2.24, 2.45) is 0 Å². The summed E-state index contributed by atoms with van der Waals surface area (Å²) in [5.41, 5.74) is 0. The van der Waals surface area contributed by atoms with E-state index >= 15 is 0 Å². The fourth-order valence-electron chi connectivity index (χ4n) is 3.03. The Morgan fingerprint density at radius 3 is 2.14 bits per heavy atom. The van der Waals surface area contributed by atoms with E-state index in [9.17, 15) is 5.11 Å². The number of aliphatic hydroxyl groups excluding tert-OH is 1. The minimum Gasteiger partial charge on any atom is -0.390 e. The summed E-state index contributed by atoms with van der Waals surface area (Å²) in [6.45, 7) is 0. The highest BCUT2D eigenvalue weighted by Crippen LogP contribution is 2.46. The maximum Gasteiger partial charge on any atom is 0.225 e. The van der Waals surface area contributed by atoms with Gasteiger partial charge in [0.15, 0.2) is 0 Å². The minimum atomic E-state index is -0.394. The zero-order chi connectivity index (χ0) is 14.9. The van der Waals surface area contributed by atoms with Crippen LogP contribution >= 0.6 is 11.8 Å². The normalized spacial score (nSPS) is 24.6. The molecule has 0 saturated heterocycles. The summed E-state index contributed by atoms with van der Waals surface area (Å²) in [7, 11) is 0. The average Bonchev–Trinajstić information content (AvgIpc) is 2.56. The molecule has 0 spiro atoms. The van der Waals surface area contributed by atoms with E-state index in [1.54, 1.807) is 0 Å². The third-order valence-corrected chi connectivity index (χ3v) is 7.57. The van der Waals surface area contributed by atoms with Crippen molar-refractivity contribution < 1.29 is 9.29 Å².